The molecule has 1 aliphatic carbocycles. The van der Waals surface area contributed by atoms with Crippen LogP contribution in [0.15, 0.2) is 52.1 Å². The van der Waals surface area contributed by atoms with Gasteiger partial charge in [-0.1, -0.05) is 31.0 Å². The molecule has 10 heteroatoms. The van der Waals surface area contributed by atoms with Crippen LogP contribution >= 0.6 is 0 Å². The van der Waals surface area contributed by atoms with E-state index in [0.717, 1.165) is 35.8 Å². The number of rotatable bonds is 8. The minimum absolute atomic E-state index is 0.0632. The molecule has 2 amide bonds. The number of hydrogen-bond donors (Lipinski definition) is 2. The number of nitrogens with zero attached hydrogens (tertiary/aromatic N) is 2. The first-order valence-electron chi connectivity index (χ1n) is 12.2. The number of amides is 2. The standard InChI is InChI=1S/C26H28N4O6/c31-23(27-14-17-9-10-21-22(13-17)36-16-35-21)11-12-29-25(33)19-7-3-4-8-20(19)30(26(29)34)15-24(32)28-18-5-1-2-6-18/h3-4,7-10,13,18H,1-2,5-6,11-12,14-16H2,(H,27,31)(H,28,32). The number of carbonyl (C=O) groups excluding carboxylic acids is 2. The van der Waals surface area contributed by atoms with E-state index in [0.29, 0.717) is 22.4 Å². The molecule has 1 saturated carbocycles. The summed E-state index contributed by atoms with van der Waals surface area (Å²) in [5.74, 6) is 0.717. The number of benzene rings is 2. The molecule has 36 heavy (non-hydrogen) atoms. The first-order chi connectivity index (χ1) is 17.5. The third kappa shape index (κ3) is 4.98. The Morgan fingerprint density at radius 1 is 0.944 bits per heavy atom. The largest absolute Gasteiger partial charge is 0.454 e. The first-order valence-corrected chi connectivity index (χ1v) is 12.2. The van der Waals surface area contributed by atoms with Gasteiger partial charge in [-0.2, -0.15) is 0 Å². The Morgan fingerprint density at radius 3 is 2.56 bits per heavy atom. The Kier molecular flexibility index (Phi) is 6.75. The normalized spacial score (nSPS) is 14.8. The highest BCUT2D eigenvalue weighted by Gasteiger charge is 2.20. The summed E-state index contributed by atoms with van der Waals surface area (Å²) in [5, 5.41) is 6.11. The third-order valence-electron chi connectivity index (χ3n) is 6.64. The van der Waals surface area contributed by atoms with Crippen molar-refractivity contribution in [2.45, 2.75) is 57.8 Å². The molecule has 2 heterocycles. The molecule has 0 spiro atoms. The summed E-state index contributed by atoms with van der Waals surface area (Å²) in [4.78, 5) is 51.5. The van der Waals surface area contributed by atoms with Crippen LogP contribution in [0.5, 0.6) is 11.5 Å². The lowest BCUT2D eigenvalue weighted by Crippen LogP contribution is -2.44. The van der Waals surface area contributed by atoms with Gasteiger partial charge >= 0.3 is 5.69 Å². The van der Waals surface area contributed by atoms with E-state index in [9.17, 15) is 19.2 Å². The Labute approximate surface area is 206 Å². The van der Waals surface area contributed by atoms with Crippen molar-refractivity contribution in [2.24, 2.45) is 0 Å². The highest BCUT2D eigenvalue weighted by Crippen LogP contribution is 2.32. The minimum Gasteiger partial charge on any atom is -0.454 e. The summed E-state index contributed by atoms with van der Waals surface area (Å²) in [6.07, 6.45) is 3.96. The van der Waals surface area contributed by atoms with Gasteiger partial charge in [0.05, 0.1) is 10.9 Å². The van der Waals surface area contributed by atoms with Crippen molar-refractivity contribution in [3.63, 3.8) is 0 Å². The third-order valence-corrected chi connectivity index (χ3v) is 6.64. The molecule has 5 rings (SSSR count). The van der Waals surface area contributed by atoms with Crippen molar-refractivity contribution in [2.75, 3.05) is 6.79 Å². The predicted molar refractivity (Wildman–Crippen MR) is 132 cm³/mol. The van der Waals surface area contributed by atoms with Crippen molar-refractivity contribution in [1.82, 2.24) is 19.8 Å². The lowest BCUT2D eigenvalue weighted by atomic mass is 10.2. The molecular weight excluding hydrogens is 464 g/mol. The number of fused-ring (bicyclic) bond motifs is 2. The molecule has 0 radical (unpaired) electrons. The molecule has 188 valence electrons. The molecule has 1 aromatic heterocycles. The molecule has 2 N–H and O–H groups in total. The number of ether oxygens (including phenoxy) is 2. The van der Waals surface area contributed by atoms with E-state index in [4.69, 9.17) is 9.47 Å². The second-order valence-electron chi connectivity index (χ2n) is 9.11. The molecule has 0 bridgehead atoms. The zero-order valence-corrected chi connectivity index (χ0v) is 19.8. The Bertz CT molecular complexity index is 1420. The van der Waals surface area contributed by atoms with E-state index in [1.807, 2.05) is 6.07 Å². The maximum absolute atomic E-state index is 13.3. The second-order valence-corrected chi connectivity index (χ2v) is 9.11. The van der Waals surface area contributed by atoms with Crippen LogP contribution in [-0.4, -0.2) is 33.8 Å². The average Bonchev–Trinajstić information content (AvgIpc) is 3.57. The van der Waals surface area contributed by atoms with Crippen LogP contribution in [0.25, 0.3) is 10.9 Å². The molecule has 0 saturated heterocycles. The van der Waals surface area contributed by atoms with Gasteiger partial charge in [0, 0.05) is 25.6 Å². The Hall–Kier alpha value is -4.08. The fourth-order valence-electron chi connectivity index (χ4n) is 4.76. The van der Waals surface area contributed by atoms with Crippen LogP contribution in [0.1, 0.15) is 37.7 Å². The molecular formula is C26H28N4O6. The van der Waals surface area contributed by atoms with Gasteiger partial charge in [0.15, 0.2) is 11.5 Å². The number of aromatic nitrogens is 2. The fraction of sp³-hybridized carbons (Fsp3) is 0.385. The number of nitrogens with one attached hydrogen (secondary N) is 2. The number of para-hydroxylation sites is 1. The molecule has 2 aliphatic rings. The zero-order valence-electron chi connectivity index (χ0n) is 19.8. The van der Waals surface area contributed by atoms with Crippen molar-refractivity contribution in [1.29, 1.82) is 0 Å². The Balaban J connectivity index is 1.29. The first kappa shape index (κ1) is 23.7. The highest BCUT2D eigenvalue weighted by atomic mass is 16.7. The quantitative estimate of drug-likeness (QED) is 0.493. The van der Waals surface area contributed by atoms with E-state index in [2.05, 4.69) is 10.6 Å². The molecule has 1 fully saturated rings. The van der Waals surface area contributed by atoms with Crippen molar-refractivity contribution in [3.8, 4) is 11.5 Å². The van der Waals surface area contributed by atoms with Gasteiger partial charge in [-0.15, -0.1) is 0 Å². The second kappa shape index (κ2) is 10.3. The maximum Gasteiger partial charge on any atom is 0.331 e. The number of carbonyl (C=O) groups is 2. The molecule has 2 aromatic carbocycles. The van der Waals surface area contributed by atoms with Gasteiger partial charge in [0.1, 0.15) is 6.54 Å². The van der Waals surface area contributed by atoms with Gasteiger partial charge in [-0.3, -0.25) is 23.5 Å². The van der Waals surface area contributed by atoms with Gasteiger partial charge in [-0.25, -0.2) is 4.79 Å². The molecule has 0 atom stereocenters. The molecule has 10 nitrogen and oxygen atoms in total. The highest BCUT2D eigenvalue weighted by molar-refractivity contribution is 5.82. The molecule has 3 aromatic rings. The van der Waals surface area contributed by atoms with Crippen LogP contribution in [0.4, 0.5) is 0 Å². The summed E-state index contributed by atoms with van der Waals surface area (Å²) in [7, 11) is 0. The van der Waals surface area contributed by atoms with Gasteiger partial charge in [-0.05, 0) is 42.7 Å². The fourth-order valence-corrected chi connectivity index (χ4v) is 4.76. The van der Waals surface area contributed by atoms with Crippen LogP contribution in [0.3, 0.4) is 0 Å². The van der Waals surface area contributed by atoms with Crippen molar-refractivity contribution < 1.29 is 19.1 Å². The molecule has 1 aliphatic heterocycles. The van der Waals surface area contributed by atoms with Crippen LogP contribution < -0.4 is 31.4 Å². The molecule has 0 unspecified atom stereocenters. The van der Waals surface area contributed by atoms with Crippen LogP contribution in [0.2, 0.25) is 0 Å². The van der Waals surface area contributed by atoms with Crippen LogP contribution in [0, 0.1) is 0 Å². The van der Waals surface area contributed by atoms with Crippen LogP contribution in [-0.2, 0) is 29.2 Å². The lowest BCUT2D eigenvalue weighted by molar-refractivity contribution is -0.123. The summed E-state index contributed by atoms with van der Waals surface area (Å²) >= 11 is 0. The van der Waals surface area contributed by atoms with Gasteiger partial charge in [0.2, 0.25) is 18.6 Å². The predicted octanol–water partition coefficient (Wildman–Crippen LogP) is 1.66. The van der Waals surface area contributed by atoms with Gasteiger partial charge < -0.3 is 20.1 Å². The zero-order chi connectivity index (χ0) is 25.1. The van der Waals surface area contributed by atoms with E-state index in [1.165, 1.54) is 4.57 Å². The summed E-state index contributed by atoms with van der Waals surface area (Å²) in [6, 6.07) is 12.2. The number of hydrogen-bond acceptors (Lipinski definition) is 6. The van der Waals surface area contributed by atoms with Crippen molar-refractivity contribution in [3.05, 3.63) is 68.9 Å². The topological polar surface area (TPSA) is 121 Å². The Morgan fingerprint density at radius 2 is 1.72 bits per heavy atom. The van der Waals surface area contributed by atoms with E-state index in [1.54, 1.807) is 36.4 Å². The SMILES string of the molecule is O=C(CCn1c(=O)c2ccccc2n(CC(=O)NC2CCCC2)c1=O)NCc1ccc2c(c1)OCO2. The van der Waals surface area contributed by atoms with Crippen molar-refractivity contribution >= 4 is 22.7 Å². The van der Waals surface area contributed by atoms with E-state index >= 15 is 0 Å². The summed E-state index contributed by atoms with van der Waals surface area (Å²) in [5.41, 5.74) is 0.152. The average molecular weight is 493 g/mol. The lowest BCUT2D eigenvalue weighted by Gasteiger charge is -2.16. The summed E-state index contributed by atoms with van der Waals surface area (Å²) < 4.78 is 13.0. The maximum atomic E-state index is 13.3. The smallest absolute Gasteiger partial charge is 0.331 e. The summed E-state index contributed by atoms with van der Waals surface area (Å²) in [6.45, 7) is 0.158. The van der Waals surface area contributed by atoms with E-state index in [-0.39, 0.29) is 50.7 Å². The van der Waals surface area contributed by atoms with E-state index < -0.39 is 11.2 Å². The van der Waals surface area contributed by atoms with Gasteiger partial charge in [0.25, 0.3) is 5.56 Å². The monoisotopic (exact) mass is 492 g/mol. The minimum atomic E-state index is -0.608.